The van der Waals surface area contributed by atoms with Crippen molar-refractivity contribution in [1.82, 2.24) is 19.9 Å². The van der Waals surface area contributed by atoms with Gasteiger partial charge in [-0.2, -0.15) is 0 Å². The van der Waals surface area contributed by atoms with E-state index in [1.807, 2.05) is 0 Å². The van der Waals surface area contributed by atoms with Crippen molar-refractivity contribution in [2.75, 3.05) is 25.1 Å². The third-order valence-corrected chi connectivity index (χ3v) is 6.15. The molecule has 1 aromatic carbocycles. The van der Waals surface area contributed by atoms with Crippen LogP contribution >= 0.6 is 0 Å². The monoisotopic (exact) mass is 485 g/mol. The van der Waals surface area contributed by atoms with Crippen molar-refractivity contribution in [2.45, 2.75) is 39.4 Å². The van der Waals surface area contributed by atoms with Gasteiger partial charge in [0.25, 0.3) is 11.5 Å². The molecule has 7 nitrogen and oxygen atoms in total. The highest BCUT2D eigenvalue weighted by Crippen LogP contribution is 2.30. The molecule has 3 heterocycles. The van der Waals surface area contributed by atoms with Gasteiger partial charge in [-0.3, -0.25) is 9.59 Å². The highest BCUT2D eigenvalue weighted by molar-refractivity contribution is 5.89. The molecule has 35 heavy (non-hydrogen) atoms. The first-order chi connectivity index (χ1) is 16.7. The van der Waals surface area contributed by atoms with Crippen molar-refractivity contribution in [3.63, 3.8) is 0 Å². The van der Waals surface area contributed by atoms with Gasteiger partial charge in [0.1, 0.15) is 29.3 Å². The van der Waals surface area contributed by atoms with Crippen LogP contribution in [0.1, 0.15) is 55.0 Å². The Morgan fingerprint density at radius 1 is 1.26 bits per heavy atom. The standard InChI is InChI=1S/C25H26F3N5O2/c1-13(27)17-5-4-6-18(22(17)28)14(2)29-23-20-11-19(25(35)32-24(20)31-15(3)30-23)16-7-9-33(10-8-16)21(34)12-26/h4-7,11,13-14H,8-10,12H2,1-3H3,(H2,29,30,31,32,35)/t13?,14-/m1/s1. The molecule has 0 aliphatic carbocycles. The number of carbonyl (C=O) groups excluding carboxylic acids is 1. The van der Waals surface area contributed by atoms with Crippen LogP contribution in [0.5, 0.6) is 0 Å². The maximum absolute atomic E-state index is 14.9. The fourth-order valence-corrected chi connectivity index (χ4v) is 4.26. The zero-order valence-corrected chi connectivity index (χ0v) is 19.7. The van der Waals surface area contributed by atoms with Gasteiger partial charge in [0.05, 0.1) is 11.4 Å². The van der Waals surface area contributed by atoms with Crippen LogP contribution in [-0.2, 0) is 4.79 Å². The van der Waals surface area contributed by atoms with Crippen LogP contribution in [0.15, 0.2) is 35.1 Å². The predicted molar refractivity (Wildman–Crippen MR) is 128 cm³/mol. The average Bonchev–Trinajstić information content (AvgIpc) is 2.83. The maximum atomic E-state index is 14.9. The number of anilines is 1. The summed E-state index contributed by atoms with van der Waals surface area (Å²) in [5.74, 6) is -0.414. The predicted octanol–water partition coefficient (Wildman–Crippen LogP) is 4.55. The Morgan fingerprint density at radius 2 is 2.00 bits per heavy atom. The number of nitrogens with zero attached hydrogens (tertiary/aromatic N) is 3. The van der Waals surface area contributed by atoms with Gasteiger partial charge in [-0.25, -0.2) is 23.1 Å². The number of aromatic nitrogens is 3. The number of hydrogen-bond donors (Lipinski definition) is 2. The Kier molecular flexibility index (Phi) is 6.90. The second kappa shape index (κ2) is 9.89. The third-order valence-electron chi connectivity index (χ3n) is 6.15. The second-order valence-electron chi connectivity index (χ2n) is 8.58. The molecule has 0 bridgehead atoms. The maximum Gasteiger partial charge on any atom is 0.257 e. The lowest BCUT2D eigenvalue weighted by atomic mass is 9.99. The SMILES string of the molecule is Cc1nc(N[C@H](C)c2cccc(C(C)F)c2F)c2cc(C3=CCN(C(=O)CF)CC3)c(=O)[nH]c2n1. The number of carbonyl (C=O) groups is 1. The molecule has 2 N–H and O–H groups in total. The summed E-state index contributed by atoms with van der Waals surface area (Å²) in [6.07, 6.45) is 0.680. The molecule has 0 spiro atoms. The van der Waals surface area contributed by atoms with E-state index in [1.54, 1.807) is 38.1 Å². The fraction of sp³-hybridized carbons (Fsp3) is 0.360. The number of aromatic amines is 1. The van der Waals surface area contributed by atoms with Crippen molar-refractivity contribution in [2.24, 2.45) is 0 Å². The van der Waals surface area contributed by atoms with Crippen LogP contribution in [0, 0.1) is 12.7 Å². The summed E-state index contributed by atoms with van der Waals surface area (Å²) in [5, 5.41) is 3.70. The largest absolute Gasteiger partial charge is 0.363 e. The van der Waals surface area contributed by atoms with E-state index in [1.165, 1.54) is 17.9 Å². The number of halogens is 3. The lowest BCUT2D eigenvalue weighted by Crippen LogP contribution is -2.36. The number of H-pyrrole nitrogens is 1. The number of aryl methyl sites for hydroxylation is 1. The smallest absolute Gasteiger partial charge is 0.257 e. The molecule has 184 valence electrons. The number of benzene rings is 1. The van der Waals surface area contributed by atoms with Crippen LogP contribution in [0.25, 0.3) is 16.6 Å². The zero-order valence-electron chi connectivity index (χ0n) is 19.7. The summed E-state index contributed by atoms with van der Waals surface area (Å²) in [6, 6.07) is 5.71. The van der Waals surface area contributed by atoms with Gasteiger partial charge in [-0.05, 0) is 38.8 Å². The molecule has 2 aromatic heterocycles. The Balaban J connectivity index is 1.72. The summed E-state index contributed by atoms with van der Waals surface area (Å²) in [4.78, 5) is 37.4. The van der Waals surface area contributed by atoms with Gasteiger partial charge in [0.15, 0.2) is 6.67 Å². The first-order valence-corrected chi connectivity index (χ1v) is 11.3. The van der Waals surface area contributed by atoms with Crippen LogP contribution in [0.4, 0.5) is 19.0 Å². The van der Waals surface area contributed by atoms with Crippen LogP contribution in [0.3, 0.4) is 0 Å². The molecule has 0 fully saturated rings. The third kappa shape index (κ3) is 4.91. The average molecular weight is 486 g/mol. The topological polar surface area (TPSA) is 91.0 Å². The van der Waals surface area contributed by atoms with Gasteiger partial charge in [-0.15, -0.1) is 0 Å². The van der Waals surface area contributed by atoms with Crippen molar-refractivity contribution >= 4 is 28.3 Å². The Bertz CT molecular complexity index is 1370. The molecule has 1 aliphatic rings. The number of pyridine rings is 1. The first kappa shape index (κ1) is 24.4. The second-order valence-corrected chi connectivity index (χ2v) is 8.58. The van der Waals surface area contributed by atoms with E-state index in [4.69, 9.17) is 0 Å². The summed E-state index contributed by atoms with van der Waals surface area (Å²) in [7, 11) is 0. The van der Waals surface area contributed by atoms with Crippen molar-refractivity contribution in [3.8, 4) is 0 Å². The molecule has 4 rings (SSSR count). The lowest BCUT2D eigenvalue weighted by Gasteiger charge is -2.25. The van der Waals surface area contributed by atoms with E-state index in [0.29, 0.717) is 41.2 Å². The van der Waals surface area contributed by atoms with Gasteiger partial charge in [0.2, 0.25) is 0 Å². The summed E-state index contributed by atoms with van der Waals surface area (Å²) in [5.41, 5.74) is 1.36. The molecule has 3 aromatic rings. The van der Waals surface area contributed by atoms with Gasteiger partial charge >= 0.3 is 0 Å². The van der Waals surface area contributed by atoms with E-state index >= 15 is 0 Å². The van der Waals surface area contributed by atoms with Gasteiger partial charge < -0.3 is 15.2 Å². The Hall–Kier alpha value is -3.69. The van der Waals surface area contributed by atoms with E-state index in [0.717, 1.165) is 5.57 Å². The van der Waals surface area contributed by atoms with Crippen LogP contribution in [0.2, 0.25) is 0 Å². The molecule has 0 saturated heterocycles. The molecule has 1 amide bonds. The number of rotatable bonds is 6. The highest BCUT2D eigenvalue weighted by Gasteiger charge is 2.22. The lowest BCUT2D eigenvalue weighted by molar-refractivity contribution is -0.131. The molecular weight excluding hydrogens is 459 g/mol. The zero-order chi connectivity index (χ0) is 25.3. The molecular formula is C25H26F3N5O2. The van der Waals surface area contributed by atoms with Crippen molar-refractivity contribution < 1.29 is 18.0 Å². The summed E-state index contributed by atoms with van der Waals surface area (Å²) in [6.45, 7) is 4.16. The molecule has 0 saturated carbocycles. The number of hydrogen-bond acceptors (Lipinski definition) is 5. The molecule has 10 heteroatoms. The minimum atomic E-state index is -1.45. The van der Waals surface area contributed by atoms with E-state index < -0.39 is 30.6 Å². The Labute approximate surface area is 200 Å². The minimum Gasteiger partial charge on any atom is -0.363 e. The number of nitrogens with one attached hydrogen (secondary N) is 2. The van der Waals surface area contributed by atoms with Crippen molar-refractivity contribution in [3.05, 3.63) is 69.0 Å². The molecule has 0 radical (unpaired) electrons. The van der Waals surface area contributed by atoms with Gasteiger partial charge in [0, 0.05) is 29.8 Å². The number of amides is 1. The molecule has 1 aliphatic heterocycles. The minimum absolute atomic E-state index is 0.0176. The first-order valence-electron chi connectivity index (χ1n) is 11.3. The normalized spacial score (nSPS) is 15.6. The highest BCUT2D eigenvalue weighted by atomic mass is 19.1. The quantitative estimate of drug-likeness (QED) is 0.535. The molecule has 1 unspecified atom stereocenters. The number of fused-ring (bicyclic) bond motifs is 1. The summed E-state index contributed by atoms with van der Waals surface area (Å²) < 4.78 is 41.4. The van der Waals surface area contributed by atoms with Crippen molar-refractivity contribution in [1.29, 1.82) is 0 Å². The van der Waals surface area contributed by atoms with E-state index in [2.05, 4.69) is 20.3 Å². The van der Waals surface area contributed by atoms with E-state index in [-0.39, 0.29) is 23.2 Å². The van der Waals surface area contributed by atoms with Crippen LogP contribution < -0.4 is 10.9 Å². The van der Waals surface area contributed by atoms with Gasteiger partial charge in [-0.1, -0.05) is 24.3 Å². The summed E-state index contributed by atoms with van der Waals surface area (Å²) >= 11 is 0. The fourth-order valence-electron chi connectivity index (χ4n) is 4.26. The molecule has 2 atom stereocenters. The van der Waals surface area contributed by atoms with Crippen LogP contribution in [-0.4, -0.2) is 45.5 Å². The van der Waals surface area contributed by atoms with E-state index in [9.17, 15) is 22.8 Å². The Morgan fingerprint density at radius 3 is 2.66 bits per heavy atom. The number of alkyl halides is 2.